The molecule has 0 fully saturated rings. The summed E-state index contributed by atoms with van der Waals surface area (Å²) in [6.45, 7) is 0. The number of hydrogen-bond acceptors (Lipinski definition) is 2. The van der Waals surface area contributed by atoms with Gasteiger partial charge in [-0.3, -0.25) is 0 Å². The summed E-state index contributed by atoms with van der Waals surface area (Å²) in [5, 5.41) is 9.83. The van der Waals surface area contributed by atoms with Gasteiger partial charge in [0, 0.05) is 11.6 Å². The number of pyridine rings is 1. The van der Waals surface area contributed by atoms with Gasteiger partial charge < -0.3 is 10.1 Å². The number of nitrogens with zero attached hydrogens (tertiary/aromatic N) is 1. The van der Waals surface area contributed by atoms with Gasteiger partial charge in [-0.25, -0.2) is 9.78 Å². The molecule has 2 heterocycles. The number of rotatable bonds is 1. The standard InChI is InChI=1S/C8H5ClN2O2/c9-5-2-10-7-3-11-6(8(12)13)1-4(5)7/h1-3,10H,(H,12,13). The second-order valence-corrected chi connectivity index (χ2v) is 2.96. The Morgan fingerprint density at radius 3 is 3.08 bits per heavy atom. The maximum absolute atomic E-state index is 10.6. The summed E-state index contributed by atoms with van der Waals surface area (Å²) in [7, 11) is 0. The molecule has 0 aromatic carbocycles. The number of carboxylic acid groups (broad SMARTS) is 1. The smallest absolute Gasteiger partial charge is 0.354 e. The SMILES string of the molecule is O=C(O)c1cc2c(Cl)c[nH]c2cn1. The molecule has 0 bridgehead atoms. The number of fused-ring (bicyclic) bond motifs is 1. The number of H-pyrrole nitrogens is 1. The fourth-order valence-electron chi connectivity index (χ4n) is 1.10. The first-order valence-corrected chi connectivity index (χ1v) is 3.92. The average molecular weight is 197 g/mol. The second-order valence-electron chi connectivity index (χ2n) is 2.56. The van der Waals surface area contributed by atoms with Crippen molar-refractivity contribution in [2.45, 2.75) is 0 Å². The molecule has 0 spiro atoms. The van der Waals surface area contributed by atoms with Crippen molar-refractivity contribution in [2.24, 2.45) is 0 Å². The molecule has 0 aliphatic rings. The third-order valence-electron chi connectivity index (χ3n) is 1.73. The van der Waals surface area contributed by atoms with Crippen molar-refractivity contribution in [3.63, 3.8) is 0 Å². The van der Waals surface area contributed by atoms with E-state index in [1.54, 1.807) is 6.20 Å². The molecule has 2 aromatic heterocycles. The van der Waals surface area contributed by atoms with E-state index in [1.807, 2.05) is 0 Å². The van der Waals surface area contributed by atoms with E-state index in [1.165, 1.54) is 12.3 Å². The Balaban J connectivity index is 2.72. The first-order chi connectivity index (χ1) is 6.18. The molecule has 0 radical (unpaired) electrons. The third kappa shape index (κ3) is 1.25. The summed E-state index contributed by atoms with van der Waals surface area (Å²) in [5.41, 5.74) is 0.726. The van der Waals surface area contributed by atoms with Crippen molar-refractivity contribution in [1.82, 2.24) is 9.97 Å². The Kier molecular flexibility index (Phi) is 1.70. The Hall–Kier alpha value is -1.55. The first-order valence-electron chi connectivity index (χ1n) is 3.54. The molecule has 13 heavy (non-hydrogen) atoms. The number of hydrogen-bond donors (Lipinski definition) is 2. The van der Waals surface area contributed by atoms with Crippen molar-refractivity contribution in [1.29, 1.82) is 0 Å². The lowest BCUT2D eigenvalue weighted by Crippen LogP contribution is -1.98. The van der Waals surface area contributed by atoms with Crippen LogP contribution in [0, 0.1) is 0 Å². The number of aromatic nitrogens is 2. The van der Waals surface area contributed by atoms with Crippen LogP contribution in [0.4, 0.5) is 0 Å². The fourth-order valence-corrected chi connectivity index (χ4v) is 1.31. The van der Waals surface area contributed by atoms with Crippen molar-refractivity contribution in [2.75, 3.05) is 0 Å². The molecule has 2 rings (SSSR count). The number of nitrogens with one attached hydrogen (secondary N) is 1. The summed E-state index contributed by atoms with van der Waals surface area (Å²) in [4.78, 5) is 17.2. The number of halogens is 1. The molecular weight excluding hydrogens is 192 g/mol. The van der Waals surface area contributed by atoms with E-state index in [0.717, 1.165) is 5.52 Å². The summed E-state index contributed by atoms with van der Waals surface area (Å²) < 4.78 is 0. The van der Waals surface area contributed by atoms with E-state index in [2.05, 4.69) is 9.97 Å². The van der Waals surface area contributed by atoms with Crippen LogP contribution in [0.25, 0.3) is 10.9 Å². The zero-order chi connectivity index (χ0) is 9.42. The van der Waals surface area contributed by atoms with Crippen LogP contribution < -0.4 is 0 Å². The number of aromatic amines is 1. The minimum Gasteiger partial charge on any atom is -0.477 e. The molecule has 2 aromatic rings. The molecule has 0 saturated heterocycles. The molecule has 4 nitrogen and oxygen atoms in total. The molecule has 2 N–H and O–H groups in total. The molecule has 0 aliphatic carbocycles. The Labute approximate surface area is 78.2 Å². The molecule has 0 unspecified atom stereocenters. The molecule has 5 heteroatoms. The highest BCUT2D eigenvalue weighted by Crippen LogP contribution is 2.22. The van der Waals surface area contributed by atoms with Gasteiger partial charge in [-0.15, -0.1) is 0 Å². The summed E-state index contributed by atoms with van der Waals surface area (Å²) in [6.07, 6.45) is 3.05. The molecule has 66 valence electrons. The molecular formula is C8H5ClN2O2. The average Bonchev–Trinajstić information content (AvgIpc) is 2.47. The first kappa shape index (κ1) is 8.07. The van der Waals surface area contributed by atoms with Gasteiger partial charge in [0.2, 0.25) is 0 Å². The van der Waals surface area contributed by atoms with Crippen LogP contribution in [0.1, 0.15) is 10.5 Å². The van der Waals surface area contributed by atoms with Crippen LogP contribution in [0.5, 0.6) is 0 Å². The molecule has 0 saturated carbocycles. The quantitative estimate of drug-likeness (QED) is 0.732. The Morgan fingerprint density at radius 1 is 1.62 bits per heavy atom. The van der Waals surface area contributed by atoms with Gasteiger partial charge in [-0.05, 0) is 6.07 Å². The topological polar surface area (TPSA) is 66.0 Å². The lowest BCUT2D eigenvalue weighted by atomic mass is 10.2. The predicted octanol–water partition coefficient (Wildman–Crippen LogP) is 1.91. The lowest BCUT2D eigenvalue weighted by molar-refractivity contribution is 0.0691. The maximum atomic E-state index is 10.6. The van der Waals surface area contributed by atoms with Crippen LogP contribution in [0.3, 0.4) is 0 Å². The highest BCUT2D eigenvalue weighted by Gasteiger charge is 2.07. The Bertz CT molecular complexity index is 478. The van der Waals surface area contributed by atoms with Gasteiger partial charge in [0.05, 0.1) is 16.7 Å². The normalized spacial score (nSPS) is 10.5. The predicted molar refractivity (Wildman–Crippen MR) is 48.1 cm³/mol. The summed E-state index contributed by atoms with van der Waals surface area (Å²) in [6, 6.07) is 1.44. The van der Waals surface area contributed by atoms with Crippen LogP contribution in [0.15, 0.2) is 18.5 Å². The van der Waals surface area contributed by atoms with E-state index in [-0.39, 0.29) is 5.69 Å². The van der Waals surface area contributed by atoms with Crippen molar-refractivity contribution in [3.8, 4) is 0 Å². The van der Waals surface area contributed by atoms with E-state index in [4.69, 9.17) is 16.7 Å². The summed E-state index contributed by atoms with van der Waals surface area (Å²) in [5.74, 6) is -1.06. The fraction of sp³-hybridized carbons (Fsp3) is 0. The van der Waals surface area contributed by atoms with Crippen LogP contribution in [-0.2, 0) is 0 Å². The van der Waals surface area contributed by atoms with E-state index < -0.39 is 5.97 Å². The van der Waals surface area contributed by atoms with Crippen molar-refractivity contribution >= 4 is 28.5 Å². The lowest BCUT2D eigenvalue weighted by Gasteiger charge is -1.93. The van der Waals surface area contributed by atoms with Gasteiger partial charge in [0.25, 0.3) is 0 Å². The highest BCUT2D eigenvalue weighted by atomic mass is 35.5. The third-order valence-corrected chi connectivity index (χ3v) is 2.05. The number of carboxylic acids is 1. The maximum Gasteiger partial charge on any atom is 0.354 e. The van der Waals surface area contributed by atoms with Gasteiger partial charge in [0.15, 0.2) is 0 Å². The monoisotopic (exact) mass is 196 g/mol. The number of carbonyl (C=O) groups is 1. The highest BCUT2D eigenvalue weighted by molar-refractivity contribution is 6.35. The minimum absolute atomic E-state index is 0.00556. The zero-order valence-electron chi connectivity index (χ0n) is 6.41. The summed E-state index contributed by atoms with van der Waals surface area (Å²) >= 11 is 5.80. The van der Waals surface area contributed by atoms with E-state index in [0.29, 0.717) is 10.4 Å². The second kappa shape index (κ2) is 2.74. The molecule has 0 atom stereocenters. The van der Waals surface area contributed by atoms with E-state index >= 15 is 0 Å². The minimum atomic E-state index is -1.06. The van der Waals surface area contributed by atoms with Crippen molar-refractivity contribution in [3.05, 3.63) is 29.2 Å². The Morgan fingerprint density at radius 2 is 2.38 bits per heavy atom. The van der Waals surface area contributed by atoms with Gasteiger partial charge >= 0.3 is 5.97 Å². The van der Waals surface area contributed by atoms with E-state index in [9.17, 15) is 4.79 Å². The van der Waals surface area contributed by atoms with Crippen LogP contribution >= 0.6 is 11.6 Å². The van der Waals surface area contributed by atoms with Gasteiger partial charge in [0.1, 0.15) is 5.69 Å². The van der Waals surface area contributed by atoms with Gasteiger partial charge in [-0.2, -0.15) is 0 Å². The van der Waals surface area contributed by atoms with Gasteiger partial charge in [-0.1, -0.05) is 11.6 Å². The largest absolute Gasteiger partial charge is 0.477 e. The number of aromatic carboxylic acids is 1. The van der Waals surface area contributed by atoms with Crippen LogP contribution in [-0.4, -0.2) is 21.0 Å². The molecule has 0 aliphatic heterocycles. The van der Waals surface area contributed by atoms with Crippen LogP contribution in [0.2, 0.25) is 5.02 Å². The van der Waals surface area contributed by atoms with Crippen molar-refractivity contribution < 1.29 is 9.90 Å². The molecule has 0 amide bonds. The zero-order valence-corrected chi connectivity index (χ0v) is 7.17.